The number of carboxylic acids is 1. The van der Waals surface area contributed by atoms with E-state index < -0.39 is 11.4 Å². The van der Waals surface area contributed by atoms with Gasteiger partial charge in [0.15, 0.2) is 0 Å². The van der Waals surface area contributed by atoms with E-state index in [1.54, 1.807) is 16.7 Å². The molecule has 2 rings (SSSR count). The van der Waals surface area contributed by atoms with E-state index in [1.165, 1.54) is 0 Å². The van der Waals surface area contributed by atoms with Crippen molar-refractivity contribution in [2.75, 3.05) is 25.5 Å². The fourth-order valence-electron chi connectivity index (χ4n) is 2.18. The van der Waals surface area contributed by atoms with Gasteiger partial charge in [0.1, 0.15) is 5.41 Å². The molecule has 1 N–H and O–H groups in total. The van der Waals surface area contributed by atoms with Crippen molar-refractivity contribution in [2.24, 2.45) is 5.41 Å². The molecule has 0 radical (unpaired) electrons. The van der Waals surface area contributed by atoms with Crippen LogP contribution in [0.3, 0.4) is 0 Å². The highest BCUT2D eigenvalue weighted by Gasteiger charge is 2.51. The summed E-state index contributed by atoms with van der Waals surface area (Å²) in [5.41, 5.74) is -0.926. The molecule has 0 aromatic carbocycles. The molecule has 0 saturated carbocycles. The Labute approximate surface area is 111 Å². The molecule has 0 bridgehead atoms. The Morgan fingerprint density at radius 2 is 2.44 bits per heavy atom. The lowest BCUT2D eigenvalue weighted by atomic mass is 9.89. The third-order valence-corrected chi connectivity index (χ3v) is 5.04. The molecule has 6 heteroatoms. The summed E-state index contributed by atoms with van der Waals surface area (Å²) < 4.78 is 5.49. The van der Waals surface area contributed by atoms with E-state index in [1.807, 2.05) is 0 Å². The first-order valence-electron chi connectivity index (χ1n) is 6.31. The molecule has 0 aliphatic carbocycles. The molecule has 2 aliphatic rings. The van der Waals surface area contributed by atoms with Crippen LogP contribution in [0.15, 0.2) is 0 Å². The molecule has 2 fully saturated rings. The van der Waals surface area contributed by atoms with Crippen molar-refractivity contribution < 1.29 is 19.4 Å². The number of β-lactam (4-membered cyclic amide) rings is 1. The minimum atomic E-state index is -0.926. The summed E-state index contributed by atoms with van der Waals surface area (Å²) in [5.74, 6) is -0.265. The number of unbranched alkanes of at least 4 members (excludes halogenated alkanes) is 1. The summed E-state index contributed by atoms with van der Waals surface area (Å²) in [4.78, 5) is 24.6. The van der Waals surface area contributed by atoms with Crippen LogP contribution < -0.4 is 0 Å². The van der Waals surface area contributed by atoms with Gasteiger partial charge in [-0.3, -0.25) is 9.59 Å². The molecule has 102 valence electrons. The third kappa shape index (κ3) is 2.49. The zero-order valence-electron chi connectivity index (χ0n) is 10.6. The van der Waals surface area contributed by atoms with Gasteiger partial charge in [-0.1, -0.05) is 13.3 Å². The molecule has 0 aromatic rings. The number of rotatable bonds is 6. The van der Waals surface area contributed by atoms with Crippen molar-refractivity contribution in [1.29, 1.82) is 0 Å². The molecular weight excluding hydrogens is 254 g/mol. The van der Waals surface area contributed by atoms with Gasteiger partial charge in [-0.25, -0.2) is 0 Å². The van der Waals surface area contributed by atoms with Crippen molar-refractivity contribution in [1.82, 2.24) is 4.90 Å². The van der Waals surface area contributed by atoms with E-state index in [4.69, 9.17) is 4.74 Å². The zero-order chi connectivity index (χ0) is 13.2. The third-order valence-electron chi connectivity index (χ3n) is 3.52. The van der Waals surface area contributed by atoms with Crippen LogP contribution in [0.25, 0.3) is 0 Å². The molecular formula is C12H19NO4S. The number of carbonyl (C=O) groups is 2. The molecule has 2 atom stereocenters. The molecule has 1 amide bonds. The molecule has 2 saturated heterocycles. The second-order valence-corrected chi connectivity index (χ2v) is 6.15. The first-order valence-corrected chi connectivity index (χ1v) is 7.36. The van der Waals surface area contributed by atoms with Gasteiger partial charge < -0.3 is 14.7 Å². The quantitative estimate of drug-likeness (QED) is 0.581. The first kappa shape index (κ1) is 13.7. The van der Waals surface area contributed by atoms with Crippen LogP contribution in [0.1, 0.15) is 26.2 Å². The van der Waals surface area contributed by atoms with Gasteiger partial charge in [0.2, 0.25) is 5.91 Å². The normalized spacial score (nSPS) is 30.8. The van der Waals surface area contributed by atoms with Crippen LogP contribution in [0.2, 0.25) is 0 Å². The summed E-state index contributed by atoms with van der Waals surface area (Å²) in [6.07, 6.45) is 2.52. The van der Waals surface area contributed by atoms with Crippen LogP contribution in [0, 0.1) is 5.41 Å². The Morgan fingerprint density at radius 1 is 1.67 bits per heavy atom. The number of aliphatic carboxylic acids is 1. The topological polar surface area (TPSA) is 66.8 Å². The highest BCUT2D eigenvalue weighted by atomic mass is 32.2. The fourth-order valence-corrected chi connectivity index (χ4v) is 3.63. The van der Waals surface area contributed by atoms with Crippen molar-refractivity contribution in [3.05, 3.63) is 0 Å². The lowest BCUT2D eigenvalue weighted by molar-refractivity contribution is -0.159. The predicted molar refractivity (Wildman–Crippen MR) is 68.4 cm³/mol. The summed E-state index contributed by atoms with van der Waals surface area (Å²) in [6, 6.07) is 0. The van der Waals surface area contributed by atoms with Crippen molar-refractivity contribution in [3.8, 4) is 0 Å². The number of nitrogens with zero attached hydrogens (tertiary/aromatic N) is 1. The van der Waals surface area contributed by atoms with Gasteiger partial charge in [0.05, 0.1) is 18.4 Å². The van der Waals surface area contributed by atoms with E-state index in [2.05, 4.69) is 6.92 Å². The molecule has 0 spiro atoms. The van der Waals surface area contributed by atoms with Gasteiger partial charge in [-0.05, 0) is 6.42 Å². The average molecular weight is 273 g/mol. The van der Waals surface area contributed by atoms with Crippen LogP contribution >= 0.6 is 11.8 Å². The van der Waals surface area contributed by atoms with Gasteiger partial charge in [-0.2, -0.15) is 0 Å². The molecule has 18 heavy (non-hydrogen) atoms. The minimum Gasteiger partial charge on any atom is -0.481 e. The predicted octanol–water partition coefficient (Wildman–Crippen LogP) is 1.18. The SMILES string of the molecule is CCCCOCC1(C(=O)O)CS[C@@H]2CC(=O)N2C1. The average Bonchev–Trinajstić information content (AvgIpc) is 2.35. The number of hydrogen-bond donors (Lipinski definition) is 1. The lowest BCUT2D eigenvalue weighted by Gasteiger charge is -2.49. The van der Waals surface area contributed by atoms with Crippen LogP contribution in [0.4, 0.5) is 0 Å². The Balaban J connectivity index is 1.94. The van der Waals surface area contributed by atoms with Gasteiger partial charge in [0.25, 0.3) is 0 Å². The maximum Gasteiger partial charge on any atom is 0.314 e. The van der Waals surface area contributed by atoms with Gasteiger partial charge in [0, 0.05) is 18.9 Å². The Hall–Kier alpha value is -0.750. The molecule has 0 aromatic heterocycles. The number of carboxylic acid groups (broad SMARTS) is 1. The standard InChI is InChI=1S/C12H19NO4S/c1-2-3-4-17-7-12(11(15)16)6-13-9(14)5-10(13)18-8-12/h10H,2-8H2,1H3,(H,15,16)/t10-,12?/m1/s1. The smallest absolute Gasteiger partial charge is 0.314 e. The Kier molecular flexibility index (Phi) is 4.17. The van der Waals surface area contributed by atoms with Gasteiger partial charge >= 0.3 is 5.97 Å². The number of ether oxygens (including phenoxy) is 1. The lowest BCUT2D eigenvalue weighted by Crippen LogP contribution is -2.62. The van der Waals surface area contributed by atoms with Crippen molar-refractivity contribution in [2.45, 2.75) is 31.6 Å². The second-order valence-electron chi connectivity index (χ2n) is 4.98. The fraction of sp³-hybridized carbons (Fsp3) is 0.833. The highest BCUT2D eigenvalue weighted by molar-refractivity contribution is 8.00. The maximum absolute atomic E-state index is 11.5. The van der Waals surface area contributed by atoms with Crippen molar-refractivity contribution in [3.63, 3.8) is 0 Å². The van der Waals surface area contributed by atoms with E-state index in [0.717, 1.165) is 12.8 Å². The molecule has 2 heterocycles. The van der Waals surface area contributed by atoms with E-state index in [0.29, 0.717) is 25.3 Å². The Bertz CT molecular complexity index is 349. The Morgan fingerprint density at radius 3 is 3.06 bits per heavy atom. The summed E-state index contributed by atoms with van der Waals surface area (Å²) in [6.45, 7) is 3.15. The summed E-state index contributed by atoms with van der Waals surface area (Å²) >= 11 is 1.56. The minimum absolute atomic E-state index is 0.0615. The van der Waals surface area contributed by atoms with Crippen molar-refractivity contribution >= 4 is 23.6 Å². The maximum atomic E-state index is 11.5. The molecule has 1 unspecified atom stereocenters. The molecule has 2 aliphatic heterocycles. The largest absolute Gasteiger partial charge is 0.481 e. The van der Waals surface area contributed by atoms with Crippen LogP contribution in [0.5, 0.6) is 0 Å². The molecule has 5 nitrogen and oxygen atoms in total. The summed E-state index contributed by atoms with van der Waals surface area (Å²) in [7, 11) is 0. The number of hydrogen-bond acceptors (Lipinski definition) is 4. The van der Waals surface area contributed by atoms with E-state index in [-0.39, 0.29) is 17.9 Å². The number of carbonyl (C=O) groups excluding carboxylic acids is 1. The van der Waals surface area contributed by atoms with Crippen LogP contribution in [-0.2, 0) is 14.3 Å². The van der Waals surface area contributed by atoms with E-state index >= 15 is 0 Å². The zero-order valence-corrected chi connectivity index (χ0v) is 11.4. The monoisotopic (exact) mass is 273 g/mol. The number of thioether (sulfide) groups is 1. The number of amides is 1. The van der Waals surface area contributed by atoms with E-state index in [9.17, 15) is 14.7 Å². The highest BCUT2D eigenvalue weighted by Crippen LogP contribution is 2.42. The van der Waals surface area contributed by atoms with Crippen LogP contribution in [-0.4, -0.2) is 52.8 Å². The van der Waals surface area contributed by atoms with Gasteiger partial charge in [-0.15, -0.1) is 11.8 Å². The summed E-state index contributed by atoms with van der Waals surface area (Å²) in [5, 5.41) is 9.62. The second kappa shape index (κ2) is 5.48. The number of fused-ring (bicyclic) bond motifs is 1. The first-order chi connectivity index (χ1) is 8.59.